The van der Waals surface area contributed by atoms with Gasteiger partial charge in [0.2, 0.25) is 10.0 Å². The molecule has 0 aliphatic carbocycles. The van der Waals surface area contributed by atoms with Gasteiger partial charge in [-0.3, -0.25) is 4.90 Å². The van der Waals surface area contributed by atoms with E-state index in [4.69, 9.17) is 4.52 Å². The van der Waals surface area contributed by atoms with Crippen molar-refractivity contribution in [1.82, 2.24) is 14.4 Å². The molecule has 1 aromatic rings. The SMILES string of the molecule is CCN1CCCC1CN(C)S(=O)(=O)Cc1nocc1C. The molecule has 1 aliphatic rings. The van der Waals surface area contributed by atoms with Crippen LogP contribution in [0.1, 0.15) is 31.0 Å². The molecule has 1 saturated heterocycles. The average Bonchev–Trinajstić information content (AvgIpc) is 2.99. The first-order valence-corrected chi connectivity index (χ1v) is 8.63. The summed E-state index contributed by atoms with van der Waals surface area (Å²) in [5.41, 5.74) is 1.27. The van der Waals surface area contributed by atoms with E-state index in [0.29, 0.717) is 18.3 Å². The summed E-state index contributed by atoms with van der Waals surface area (Å²) >= 11 is 0. The molecule has 2 heterocycles. The summed E-state index contributed by atoms with van der Waals surface area (Å²) in [4.78, 5) is 2.34. The predicted molar refractivity (Wildman–Crippen MR) is 76.8 cm³/mol. The molecule has 6 nitrogen and oxygen atoms in total. The van der Waals surface area contributed by atoms with Crippen LogP contribution >= 0.6 is 0 Å². The van der Waals surface area contributed by atoms with Crippen molar-refractivity contribution in [2.75, 3.05) is 26.7 Å². The zero-order valence-electron chi connectivity index (χ0n) is 12.4. The fourth-order valence-corrected chi connectivity index (χ4v) is 3.91. The number of aromatic nitrogens is 1. The van der Waals surface area contributed by atoms with Crippen LogP contribution in [0, 0.1) is 6.92 Å². The Morgan fingerprint density at radius 3 is 2.90 bits per heavy atom. The number of likely N-dealkylation sites (tertiary alicyclic amines) is 1. The van der Waals surface area contributed by atoms with Gasteiger partial charge in [0.1, 0.15) is 17.7 Å². The molecule has 1 aliphatic heterocycles. The van der Waals surface area contributed by atoms with Gasteiger partial charge in [0, 0.05) is 25.2 Å². The molecule has 1 unspecified atom stereocenters. The number of hydrogen-bond donors (Lipinski definition) is 0. The van der Waals surface area contributed by atoms with Crippen LogP contribution in [0.3, 0.4) is 0 Å². The summed E-state index contributed by atoms with van der Waals surface area (Å²) < 4.78 is 31.0. The van der Waals surface area contributed by atoms with Crippen molar-refractivity contribution >= 4 is 10.0 Å². The van der Waals surface area contributed by atoms with Crippen LogP contribution in [0.5, 0.6) is 0 Å². The number of hydrogen-bond acceptors (Lipinski definition) is 5. The molecule has 1 aromatic heterocycles. The normalized spacial score (nSPS) is 20.9. The van der Waals surface area contributed by atoms with Crippen molar-refractivity contribution in [3.63, 3.8) is 0 Å². The molecule has 7 heteroatoms. The summed E-state index contributed by atoms with van der Waals surface area (Å²) in [6, 6.07) is 0.332. The van der Waals surface area contributed by atoms with E-state index < -0.39 is 10.0 Å². The quantitative estimate of drug-likeness (QED) is 0.790. The molecular weight excluding hydrogens is 278 g/mol. The molecule has 0 N–H and O–H groups in total. The van der Waals surface area contributed by atoms with E-state index in [2.05, 4.69) is 17.0 Å². The highest BCUT2D eigenvalue weighted by Crippen LogP contribution is 2.19. The number of aryl methyl sites for hydroxylation is 1. The Hall–Kier alpha value is -0.920. The molecule has 1 fully saturated rings. The first-order chi connectivity index (χ1) is 9.44. The minimum Gasteiger partial charge on any atom is -0.364 e. The first-order valence-electron chi connectivity index (χ1n) is 7.02. The third-order valence-corrected chi connectivity index (χ3v) is 5.75. The van der Waals surface area contributed by atoms with E-state index in [-0.39, 0.29) is 5.75 Å². The number of sulfonamides is 1. The third-order valence-electron chi connectivity index (χ3n) is 4.01. The molecule has 114 valence electrons. The Balaban J connectivity index is 2.00. The van der Waals surface area contributed by atoms with Gasteiger partial charge >= 0.3 is 0 Å². The molecule has 0 aromatic carbocycles. The number of likely N-dealkylation sites (N-methyl/N-ethyl adjacent to an activating group) is 2. The molecule has 0 radical (unpaired) electrons. The first kappa shape index (κ1) is 15.5. The highest BCUT2D eigenvalue weighted by atomic mass is 32.2. The van der Waals surface area contributed by atoms with Crippen molar-refractivity contribution in [2.45, 2.75) is 38.5 Å². The van der Waals surface area contributed by atoms with Crippen molar-refractivity contribution in [3.8, 4) is 0 Å². The maximum absolute atomic E-state index is 12.4. The van der Waals surface area contributed by atoms with Crippen LogP contribution in [0.25, 0.3) is 0 Å². The van der Waals surface area contributed by atoms with Gasteiger partial charge in [0.25, 0.3) is 0 Å². The lowest BCUT2D eigenvalue weighted by molar-refractivity contribution is 0.237. The Morgan fingerprint density at radius 2 is 2.30 bits per heavy atom. The Morgan fingerprint density at radius 1 is 1.55 bits per heavy atom. The number of nitrogens with zero attached hydrogens (tertiary/aromatic N) is 3. The van der Waals surface area contributed by atoms with Crippen molar-refractivity contribution in [2.24, 2.45) is 0 Å². The standard InChI is InChI=1S/C13H23N3O3S/c1-4-16-7-5-6-12(16)8-15(3)20(17,18)10-13-11(2)9-19-14-13/h9,12H,4-8,10H2,1-3H3. The van der Waals surface area contributed by atoms with Gasteiger partial charge in [-0.25, -0.2) is 12.7 Å². The zero-order valence-corrected chi connectivity index (χ0v) is 13.2. The van der Waals surface area contributed by atoms with Gasteiger partial charge in [0.15, 0.2) is 0 Å². The van der Waals surface area contributed by atoms with E-state index in [1.54, 1.807) is 14.0 Å². The molecule has 0 amide bonds. The van der Waals surface area contributed by atoms with Gasteiger partial charge in [0.05, 0.1) is 0 Å². The van der Waals surface area contributed by atoms with E-state index in [9.17, 15) is 8.42 Å². The second-order valence-electron chi connectivity index (χ2n) is 5.41. The average molecular weight is 301 g/mol. The predicted octanol–water partition coefficient (Wildman–Crippen LogP) is 1.23. The molecule has 0 bridgehead atoms. The Labute approximate surface area is 120 Å². The molecule has 0 spiro atoms. The van der Waals surface area contributed by atoms with Crippen molar-refractivity contribution in [3.05, 3.63) is 17.5 Å². The molecule has 1 atom stereocenters. The summed E-state index contributed by atoms with van der Waals surface area (Å²) in [6.07, 6.45) is 3.69. The maximum Gasteiger partial charge on any atom is 0.219 e. The van der Waals surface area contributed by atoms with E-state index in [0.717, 1.165) is 31.5 Å². The fraction of sp³-hybridized carbons (Fsp3) is 0.769. The molecular formula is C13H23N3O3S. The smallest absolute Gasteiger partial charge is 0.219 e. The minimum atomic E-state index is -3.34. The van der Waals surface area contributed by atoms with Crippen LogP contribution in [0.15, 0.2) is 10.8 Å². The Kier molecular flexibility index (Phi) is 4.82. The second-order valence-corrected chi connectivity index (χ2v) is 7.48. The van der Waals surface area contributed by atoms with Crippen molar-refractivity contribution < 1.29 is 12.9 Å². The zero-order chi connectivity index (χ0) is 14.8. The molecule has 2 rings (SSSR count). The topological polar surface area (TPSA) is 66.7 Å². The van der Waals surface area contributed by atoms with Gasteiger partial charge in [-0.05, 0) is 32.9 Å². The summed E-state index contributed by atoms with van der Waals surface area (Å²) in [7, 11) is -1.69. The lowest BCUT2D eigenvalue weighted by atomic mass is 10.2. The summed E-state index contributed by atoms with van der Waals surface area (Å²) in [6.45, 7) is 6.51. The van der Waals surface area contributed by atoms with Crippen LogP contribution in [0.2, 0.25) is 0 Å². The van der Waals surface area contributed by atoms with Gasteiger partial charge in [-0.2, -0.15) is 0 Å². The monoisotopic (exact) mass is 301 g/mol. The maximum atomic E-state index is 12.4. The number of rotatable bonds is 6. The van der Waals surface area contributed by atoms with Crippen LogP contribution in [-0.2, 0) is 15.8 Å². The van der Waals surface area contributed by atoms with E-state index in [1.165, 1.54) is 10.6 Å². The highest BCUT2D eigenvalue weighted by molar-refractivity contribution is 7.88. The van der Waals surface area contributed by atoms with Crippen LogP contribution in [-0.4, -0.2) is 55.5 Å². The third kappa shape index (κ3) is 3.39. The lowest BCUT2D eigenvalue weighted by Crippen LogP contribution is -2.41. The van der Waals surface area contributed by atoms with Crippen molar-refractivity contribution in [1.29, 1.82) is 0 Å². The van der Waals surface area contributed by atoms with Gasteiger partial charge in [-0.1, -0.05) is 12.1 Å². The van der Waals surface area contributed by atoms with Gasteiger partial charge < -0.3 is 4.52 Å². The minimum absolute atomic E-state index is 0.0926. The lowest BCUT2D eigenvalue weighted by Gasteiger charge is -2.27. The van der Waals surface area contributed by atoms with E-state index in [1.807, 2.05) is 0 Å². The molecule has 0 saturated carbocycles. The van der Waals surface area contributed by atoms with Crippen LogP contribution < -0.4 is 0 Å². The highest BCUT2D eigenvalue weighted by Gasteiger charge is 2.29. The summed E-state index contributed by atoms with van der Waals surface area (Å²) in [5.74, 6) is -0.0926. The van der Waals surface area contributed by atoms with E-state index >= 15 is 0 Å². The molecule has 20 heavy (non-hydrogen) atoms. The van der Waals surface area contributed by atoms with Crippen LogP contribution in [0.4, 0.5) is 0 Å². The second kappa shape index (κ2) is 6.24. The fourth-order valence-electron chi connectivity index (χ4n) is 2.66. The largest absolute Gasteiger partial charge is 0.364 e. The summed E-state index contributed by atoms with van der Waals surface area (Å²) in [5, 5.41) is 3.76. The Bertz CT molecular complexity index is 541. The van der Waals surface area contributed by atoms with Gasteiger partial charge in [-0.15, -0.1) is 0 Å².